The van der Waals surface area contributed by atoms with Crippen LogP contribution in [0.25, 0.3) is 0 Å². The Kier molecular flexibility index (Phi) is 6.06. The fourth-order valence-electron chi connectivity index (χ4n) is 5.19. The van der Waals surface area contributed by atoms with Gasteiger partial charge in [0.2, 0.25) is 0 Å². The molecule has 0 heterocycles. The average Bonchev–Trinajstić information content (AvgIpc) is 2.68. The van der Waals surface area contributed by atoms with Gasteiger partial charge in [0.15, 0.2) is 0 Å². The van der Waals surface area contributed by atoms with E-state index in [9.17, 15) is 0 Å². The van der Waals surface area contributed by atoms with Crippen LogP contribution in [0.5, 0.6) is 0 Å². The molecule has 0 spiro atoms. The summed E-state index contributed by atoms with van der Waals surface area (Å²) in [5, 5.41) is 3.34. The van der Waals surface area contributed by atoms with Gasteiger partial charge in [0.25, 0.3) is 0 Å². The second kappa shape index (κ2) is 8.35. The van der Waals surface area contributed by atoms with Gasteiger partial charge in [-0.3, -0.25) is 0 Å². The van der Waals surface area contributed by atoms with Gasteiger partial charge in [0.05, 0.1) is 0 Å². The Morgan fingerprint density at radius 1 is 0.593 bits per heavy atom. The topological polar surface area (TPSA) is 0 Å². The first-order valence-corrected chi connectivity index (χ1v) is 15.2. The molecule has 0 saturated heterocycles. The highest BCUT2D eigenvalue weighted by atomic mass is 31.1. The zero-order valence-electron chi connectivity index (χ0n) is 17.6. The Morgan fingerprint density at radius 3 is 1.41 bits per heavy atom. The smallest absolute Gasteiger partial charge is 0.000744 e. The molecule has 0 aromatic heterocycles. The summed E-state index contributed by atoms with van der Waals surface area (Å²) in [6.07, 6.45) is 11.9. The van der Waals surface area contributed by atoms with Crippen molar-refractivity contribution in [2.75, 3.05) is 26.7 Å². The van der Waals surface area contributed by atoms with E-state index in [1.165, 1.54) is 57.8 Å². The van der Waals surface area contributed by atoms with Gasteiger partial charge in [-0.15, -0.1) is 0 Å². The molecule has 144 valence electrons. The summed E-state index contributed by atoms with van der Waals surface area (Å²) >= 11 is 0. The number of fused-ring (bicyclic) bond motifs is 2. The molecule has 0 bridgehead atoms. The fourth-order valence-corrected chi connectivity index (χ4v) is 7.45. The summed E-state index contributed by atoms with van der Waals surface area (Å²) in [4.78, 5) is 0. The van der Waals surface area contributed by atoms with E-state index in [2.05, 4.69) is 50.9 Å². The lowest BCUT2D eigenvalue weighted by Gasteiger charge is -2.28. The first-order chi connectivity index (χ1) is 13.1. The first kappa shape index (κ1) is 19.6. The van der Waals surface area contributed by atoms with Crippen LogP contribution in [-0.2, 0) is 32.1 Å². The van der Waals surface area contributed by atoms with Crippen LogP contribution in [0.15, 0.2) is 24.3 Å². The number of rotatable bonds is 4. The van der Waals surface area contributed by atoms with E-state index in [0.29, 0.717) is 0 Å². The van der Waals surface area contributed by atoms with Gasteiger partial charge < -0.3 is 0 Å². The Labute approximate surface area is 168 Å². The standard InChI is InChI=1S/C25H34P2/c1-26(2)24-15-13-18-9-5-7-11-20(18)22(24)17-23-21-12-8-6-10-19(21)14-16-25(23)27(3)4/h13-16H,5-12,17H2,1-4H3. The van der Waals surface area contributed by atoms with E-state index in [0.717, 1.165) is 0 Å². The molecule has 0 nitrogen and oxygen atoms in total. The van der Waals surface area contributed by atoms with Crippen molar-refractivity contribution in [2.24, 2.45) is 0 Å². The van der Waals surface area contributed by atoms with Gasteiger partial charge in [-0.1, -0.05) is 40.1 Å². The van der Waals surface area contributed by atoms with Crippen LogP contribution in [0.2, 0.25) is 0 Å². The molecule has 2 aliphatic rings. The Balaban J connectivity index is 1.87. The molecule has 0 unspecified atom stereocenters. The summed E-state index contributed by atoms with van der Waals surface area (Å²) in [6.45, 7) is 9.77. The number of hydrogen-bond acceptors (Lipinski definition) is 0. The monoisotopic (exact) mass is 396 g/mol. The highest BCUT2D eigenvalue weighted by Gasteiger charge is 2.23. The average molecular weight is 396 g/mol. The zero-order valence-corrected chi connectivity index (χ0v) is 19.4. The molecule has 2 heteroatoms. The van der Waals surface area contributed by atoms with Gasteiger partial charge in [-0.05, 0) is 128 Å². The maximum atomic E-state index is 2.49. The SMILES string of the molecule is CP(C)c1ccc2c(c1Cc1c(P(C)C)ccc3c1CCCC3)CCCC2. The number of benzene rings is 2. The second-order valence-electron chi connectivity index (χ2n) is 8.78. The van der Waals surface area contributed by atoms with Crippen LogP contribution in [0.4, 0.5) is 0 Å². The maximum Gasteiger partial charge on any atom is -0.000744 e. The van der Waals surface area contributed by atoms with E-state index in [-0.39, 0.29) is 15.8 Å². The third-order valence-corrected chi connectivity index (χ3v) is 9.34. The van der Waals surface area contributed by atoms with Gasteiger partial charge >= 0.3 is 0 Å². The van der Waals surface area contributed by atoms with Crippen molar-refractivity contribution in [1.29, 1.82) is 0 Å². The van der Waals surface area contributed by atoms with E-state index in [4.69, 9.17) is 0 Å². The molecule has 0 radical (unpaired) electrons. The third-order valence-electron chi connectivity index (χ3n) is 6.57. The van der Waals surface area contributed by atoms with Crippen LogP contribution < -0.4 is 10.6 Å². The minimum Gasteiger partial charge on any atom is -0.0814 e. The molecular weight excluding hydrogens is 362 g/mol. The minimum atomic E-state index is -0.0587. The van der Waals surface area contributed by atoms with Crippen LogP contribution in [0.1, 0.15) is 59.1 Å². The van der Waals surface area contributed by atoms with Crippen molar-refractivity contribution >= 4 is 26.5 Å². The van der Waals surface area contributed by atoms with Gasteiger partial charge in [0, 0.05) is 0 Å². The Bertz CT molecular complexity index is 763. The van der Waals surface area contributed by atoms with Crippen LogP contribution in [0.3, 0.4) is 0 Å². The normalized spacial score (nSPS) is 16.5. The van der Waals surface area contributed by atoms with E-state index in [1.54, 1.807) is 44.0 Å². The summed E-state index contributed by atoms with van der Waals surface area (Å²) in [7, 11) is -0.117. The molecule has 0 amide bonds. The lowest BCUT2D eigenvalue weighted by molar-refractivity contribution is 0.675. The van der Waals surface area contributed by atoms with Crippen molar-refractivity contribution in [3.8, 4) is 0 Å². The van der Waals surface area contributed by atoms with Gasteiger partial charge in [-0.2, -0.15) is 0 Å². The summed E-state index contributed by atoms with van der Waals surface area (Å²) in [6, 6.07) is 9.90. The molecular formula is C25H34P2. The largest absolute Gasteiger partial charge is 0.0814 e. The molecule has 0 saturated carbocycles. The predicted octanol–water partition coefficient (Wildman–Crippen LogP) is 5.77. The zero-order chi connectivity index (χ0) is 19.0. The van der Waals surface area contributed by atoms with Crippen LogP contribution >= 0.6 is 15.8 Å². The van der Waals surface area contributed by atoms with E-state index in [1.807, 2.05) is 0 Å². The first-order valence-electron chi connectivity index (χ1n) is 10.7. The summed E-state index contributed by atoms with van der Waals surface area (Å²) in [5.74, 6) is 0. The highest BCUT2D eigenvalue weighted by molar-refractivity contribution is 7.64. The van der Waals surface area contributed by atoms with Crippen molar-refractivity contribution in [3.63, 3.8) is 0 Å². The molecule has 0 atom stereocenters. The van der Waals surface area contributed by atoms with Crippen LogP contribution in [-0.4, -0.2) is 26.7 Å². The van der Waals surface area contributed by atoms with Gasteiger partial charge in [0.1, 0.15) is 0 Å². The number of hydrogen-bond donors (Lipinski definition) is 0. The quantitative estimate of drug-likeness (QED) is 0.576. The number of aryl methyl sites for hydroxylation is 2. The second-order valence-corrected chi connectivity index (χ2v) is 13.3. The molecule has 0 aliphatic heterocycles. The van der Waals surface area contributed by atoms with Crippen molar-refractivity contribution in [1.82, 2.24) is 0 Å². The third kappa shape index (κ3) is 3.91. The lowest BCUT2D eigenvalue weighted by atomic mass is 9.83. The molecule has 27 heavy (non-hydrogen) atoms. The minimum absolute atomic E-state index is 0.0587. The molecule has 4 rings (SSSR count). The fraction of sp³-hybridized carbons (Fsp3) is 0.520. The van der Waals surface area contributed by atoms with E-state index >= 15 is 0 Å². The summed E-state index contributed by atoms with van der Waals surface area (Å²) < 4.78 is 0. The predicted molar refractivity (Wildman–Crippen MR) is 126 cm³/mol. The maximum absolute atomic E-state index is 2.49. The molecule has 0 fully saturated rings. The molecule has 0 N–H and O–H groups in total. The summed E-state index contributed by atoms with van der Waals surface area (Å²) in [5.41, 5.74) is 10.2. The lowest BCUT2D eigenvalue weighted by Crippen LogP contribution is -2.22. The molecule has 2 aliphatic carbocycles. The van der Waals surface area contributed by atoms with Crippen LogP contribution in [0, 0.1) is 0 Å². The van der Waals surface area contributed by atoms with Crippen molar-refractivity contribution < 1.29 is 0 Å². The molecule has 2 aromatic carbocycles. The highest BCUT2D eigenvalue weighted by Crippen LogP contribution is 2.37. The Morgan fingerprint density at radius 2 is 1.00 bits per heavy atom. The van der Waals surface area contributed by atoms with Gasteiger partial charge in [-0.25, -0.2) is 0 Å². The van der Waals surface area contributed by atoms with E-state index < -0.39 is 0 Å². The molecule has 2 aromatic rings. The Hall–Kier alpha value is -0.700. The van der Waals surface area contributed by atoms with Crippen molar-refractivity contribution in [2.45, 2.75) is 57.8 Å². The van der Waals surface area contributed by atoms with Crippen molar-refractivity contribution in [3.05, 3.63) is 57.6 Å².